The van der Waals surface area contributed by atoms with E-state index in [1.165, 1.54) is 0 Å². The molecule has 138 valence electrons. The summed E-state index contributed by atoms with van der Waals surface area (Å²) in [6, 6.07) is 7.64. The van der Waals surface area contributed by atoms with E-state index in [1.54, 1.807) is 7.11 Å². The Morgan fingerprint density at radius 3 is 2.77 bits per heavy atom. The van der Waals surface area contributed by atoms with Crippen molar-refractivity contribution in [2.75, 3.05) is 20.2 Å². The minimum Gasteiger partial charge on any atom is -0.497 e. The van der Waals surface area contributed by atoms with Gasteiger partial charge in [0, 0.05) is 19.0 Å². The molecule has 2 saturated heterocycles. The number of carbonyl (C=O) groups is 1. The average molecular weight is 357 g/mol. The minimum absolute atomic E-state index is 0.101. The molecule has 0 spiro atoms. The molecule has 3 atom stereocenters. The second-order valence-corrected chi connectivity index (χ2v) is 7.06. The zero-order valence-electron chi connectivity index (χ0n) is 15.1. The zero-order chi connectivity index (χ0) is 18.1. The second kappa shape index (κ2) is 7.07. The maximum absolute atomic E-state index is 12.6. The van der Waals surface area contributed by atoms with E-state index in [0.717, 1.165) is 24.3 Å². The fourth-order valence-electron chi connectivity index (χ4n) is 3.84. The number of hydrogen-bond acceptors (Lipinski definition) is 6. The number of nitrogens with zero attached hydrogens (tertiary/aromatic N) is 3. The molecule has 2 aliphatic heterocycles. The highest BCUT2D eigenvalue weighted by molar-refractivity contribution is 5.79. The number of carbonyl (C=O) groups excluding carboxylic acids is 1. The van der Waals surface area contributed by atoms with Gasteiger partial charge in [-0.2, -0.15) is 4.98 Å². The van der Waals surface area contributed by atoms with Crippen LogP contribution in [0.5, 0.6) is 5.75 Å². The van der Waals surface area contributed by atoms with Gasteiger partial charge in [0.05, 0.1) is 32.2 Å². The molecule has 0 saturated carbocycles. The number of hydrogen-bond donors (Lipinski definition) is 0. The molecule has 0 bridgehead atoms. The molecule has 0 N–H and O–H groups in total. The summed E-state index contributed by atoms with van der Waals surface area (Å²) in [5.41, 5.74) is 0.999. The minimum atomic E-state index is 0.101. The second-order valence-electron chi connectivity index (χ2n) is 7.06. The number of methoxy groups -OCH3 is 1. The van der Waals surface area contributed by atoms with Gasteiger partial charge >= 0.3 is 0 Å². The average Bonchev–Trinajstić information content (AvgIpc) is 3.30. The molecule has 3 heterocycles. The molecule has 2 fully saturated rings. The van der Waals surface area contributed by atoms with Crippen LogP contribution in [-0.2, 0) is 22.4 Å². The summed E-state index contributed by atoms with van der Waals surface area (Å²) < 4.78 is 16.4. The number of benzene rings is 1. The number of ether oxygens (including phenoxy) is 2. The molecule has 0 radical (unpaired) electrons. The summed E-state index contributed by atoms with van der Waals surface area (Å²) in [4.78, 5) is 18.7. The zero-order valence-corrected chi connectivity index (χ0v) is 15.1. The third-order valence-electron chi connectivity index (χ3n) is 5.15. The molecule has 1 amide bonds. The quantitative estimate of drug-likeness (QED) is 0.812. The molecule has 1 aromatic carbocycles. The molecule has 4 rings (SSSR count). The van der Waals surface area contributed by atoms with Gasteiger partial charge in [0.1, 0.15) is 5.75 Å². The van der Waals surface area contributed by atoms with Crippen molar-refractivity contribution in [3.63, 3.8) is 0 Å². The lowest BCUT2D eigenvalue weighted by atomic mass is 10.0. The number of amides is 1. The third kappa shape index (κ3) is 3.58. The van der Waals surface area contributed by atoms with Crippen molar-refractivity contribution in [1.29, 1.82) is 0 Å². The van der Waals surface area contributed by atoms with E-state index in [9.17, 15) is 4.79 Å². The molecular formula is C19H23N3O4. The Balaban J connectivity index is 1.29. The van der Waals surface area contributed by atoms with Crippen molar-refractivity contribution >= 4 is 5.91 Å². The molecule has 7 nitrogen and oxygen atoms in total. The van der Waals surface area contributed by atoms with E-state index in [-0.39, 0.29) is 18.1 Å². The van der Waals surface area contributed by atoms with Gasteiger partial charge in [-0.05, 0) is 31.0 Å². The highest BCUT2D eigenvalue weighted by atomic mass is 16.5. The van der Waals surface area contributed by atoms with E-state index in [0.29, 0.717) is 37.0 Å². The first-order valence-electron chi connectivity index (χ1n) is 8.96. The molecule has 7 heteroatoms. The van der Waals surface area contributed by atoms with Gasteiger partial charge in [-0.15, -0.1) is 0 Å². The van der Waals surface area contributed by atoms with Crippen molar-refractivity contribution in [2.45, 2.75) is 38.4 Å². The lowest BCUT2D eigenvalue weighted by Gasteiger charge is -2.19. The topological polar surface area (TPSA) is 77.7 Å². The maximum Gasteiger partial charge on any atom is 0.229 e. The van der Waals surface area contributed by atoms with Crippen LogP contribution in [0.2, 0.25) is 0 Å². The van der Waals surface area contributed by atoms with Gasteiger partial charge in [-0.1, -0.05) is 17.3 Å². The molecule has 0 aliphatic carbocycles. The SMILES string of the molecule is COc1ccc(CC(=O)N2C[C@H]3C[C@@H](Cc4nc(C)no4)O[C@H]3C2)cc1. The fraction of sp³-hybridized carbons (Fsp3) is 0.526. The Labute approximate surface area is 152 Å². The maximum atomic E-state index is 12.6. The van der Waals surface area contributed by atoms with Crippen LogP contribution in [0, 0.1) is 12.8 Å². The summed E-state index contributed by atoms with van der Waals surface area (Å²) in [6.07, 6.45) is 2.20. The van der Waals surface area contributed by atoms with E-state index in [1.807, 2.05) is 36.1 Å². The predicted molar refractivity (Wildman–Crippen MR) is 92.8 cm³/mol. The van der Waals surface area contributed by atoms with E-state index >= 15 is 0 Å². The number of likely N-dealkylation sites (tertiary alicyclic amines) is 1. The molecule has 2 aromatic rings. The Morgan fingerprint density at radius 2 is 2.12 bits per heavy atom. The van der Waals surface area contributed by atoms with Gasteiger partial charge in [0.25, 0.3) is 0 Å². The van der Waals surface area contributed by atoms with Crippen LogP contribution in [0.3, 0.4) is 0 Å². The summed E-state index contributed by atoms with van der Waals surface area (Å²) in [7, 11) is 1.63. The number of fused-ring (bicyclic) bond motifs is 1. The highest BCUT2D eigenvalue weighted by Gasteiger charge is 2.43. The van der Waals surface area contributed by atoms with Gasteiger partial charge in [-0.25, -0.2) is 0 Å². The van der Waals surface area contributed by atoms with Crippen LogP contribution >= 0.6 is 0 Å². The summed E-state index contributed by atoms with van der Waals surface area (Å²) in [6.45, 7) is 3.24. The van der Waals surface area contributed by atoms with Crippen molar-refractivity contribution < 1.29 is 18.8 Å². The highest BCUT2D eigenvalue weighted by Crippen LogP contribution is 2.34. The first-order valence-corrected chi connectivity index (χ1v) is 8.96. The van der Waals surface area contributed by atoms with Crippen LogP contribution in [-0.4, -0.2) is 53.4 Å². The number of rotatable bonds is 5. The van der Waals surface area contributed by atoms with Crippen molar-refractivity contribution in [1.82, 2.24) is 15.0 Å². The van der Waals surface area contributed by atoms with Crippen molar-refractivity contribution in [2.24, 2.45) is 5.92 Å². The molecule has 26 heavy (non-hydrogen) atoms. The van der Waals surface area contributed by atoms with Crippen LogP contribution in [0.15, 0.2) is 28.8 Å². The fourth-order valence-corrected chi connectivity index (χ4v) is 3.84. The Kier molecular flexibility index (Phi) is 4.63. The van der Waals surface area contributed by atoms with Crippen LogP contribution in [0.1, 0.15) is 23.7 Å². The van der Waals surface area contributed by atoms with E-state index < -0.39 is 0 Å². The Hall–Kier alpha value is -2.41. The number of aryl methyl sites for hydroxylation is 1. The standard InChI is InChI=1S/C19H23N3O4/c1-12-20-18(26-21-12)9-16-8-14-10-22(11-17(14)25-16)19(23)7-13-3-5-15(24-2)6-4-13/h3-6,14,16-17H,7-11H2,1-2H3/t14-,16+,17+/m1/s1. The van der Waals surface area contributed by atoms with E-state index in [4.69, 9.17) is 14.0 Å². The normalized spacial score (nSPS) is 24.7. The van der Waals surface area contributed by atoms with Gasteiger partial charge in [0.2, 0.25) is 11.8 Å². The third-order valence-corrected chi connectivity index (χ3v) is 5.15. The monoisotopic (exact) mass is 357 g/mol. The molecule has 0 unspecified atom stereocenters. The molecule has 2 aliphatic rings. The predicted octanol–water partition coefficient (Wildman–Crippen LogP) is 1.79. The summed E-state index contributed by atoms with van der Waals surface area (Å²) in [5.74, 6) is 2.61. The first kappa shape index (κ1) is 17.0. The van der Waals surface area contributed by atoms with Crippen LogP contribution in [0.25, 0.3) is 0 Å². The number of aromatic nitrogens is 2. The summed E-state index contributed by atoms with van der Waals surface area (Å²) >= 11 is 0. The van der Waals surface area contributed by atoms with Gasteiger partial charge in [0.15, 0.2) is 5.82 Å². The Morgan fingerprint density at radius 1 is 1.31 bits per heavy atom. The first-order chi connectivity index (χ1) is 12.6. The molecule has 1 aromatic heterocycles. The van der Waals surface area contributed by atoms with Gasteiger partial charge in [-0.3, -0.25) is 4.79 Å². The smallest absolute Gasteiger partial charge is 0.229 e. The van der Waals surface area contributed by atoms with E-state index in [2.05, 4.69) is 10.1 Å². The van der Waals surface area contributed by atoms with Crippen LogP contribution in [0.4, 0.5) is 0 Å². The largest absolute Gasteiger partial charge is 0.497 e. The lowest BCUT2D eigenvalue weighted by Crippen LogP contribution is -2.32. The Bertz CT molecular complexity index is 759. The molecular weight excluding hydrogens is 334 g/mol. The van der Waals surface area contributed by atoms with Crippen molar-refractivity contribution in [3.8, 4) is 5.75 Å². The van der Waals surface area contributed by atoms with Crippen LogP contribution < -0.4 is 4.74 Å². The summed E-state index contributed by atoms with van der Waals surface area (Å²) in [5, 5.41) is 3.81. The van der Waals surface area contributed by atoms with Crippen molar-refractivity contribution in [3.05, 3.63) is 41.5 Å². The lowest BCUT2D eigenvalue weighted by molar-refractivity contribution is -0.130. The van der Waals surface area contributed by atoms with Gasteiger partial charge < -0.3 is 18.9 Å².